The van der Waals surface area contributed by atoms with Crippen molar-refractivity contribution in [2.45, 2.75) is 6.04 Å². The lowest BCUT2D eigenvalue weighted by molar-refractivity contribution is -0.141. The van der Waals surface area contributed by atoms with Gasteiger partial charge < -0.3 is 15.0 Å². The Morgan fingerprint density at radius 2 is 1.75 bits per heavy atom. The summed E-state index contributed by atoms with van der Waals surface area (Å²) in [6, 6.07) is 15.9. The van der Waals surface area contributed by atoms with Crippen molar-refractivity contribution in [3.05, 3.63) is 65.2 Å². The second-order valence-electron chi connectivity index (χ2n) is 6.72. The van der Waals surface area contributed by atoms with Gasteiger partial charge in [0.2, 0.25) is 11.8 Å². The normalized spacial score (nSPS) is 15.3. The molecule has 2 amide bonds. The van der Waals surface area contributed by atoms with Gasteiger partial charge in [-0.2, -0.15) is 0 Å². The van der Waals surface area contributed by atoms with Crippen LogP contribution in [0.15, 0.2) is 54.6 Å². The first kappa shape index (κ1) is 20.3. The molecular weight excluding hydrogens is 378 g/mol. The monoisotopic (exact) mass is 401 g/mol. The third-order valence-corrected chi connectivity index (χ3v) is 4.89. The second kappa shape index (κ2) is 9.68. The number of amides is 2. The van der Waals surface area contributed by atoms with Crippen LogP contribution in [0.1, 0.15) is 11.6 Å². The summed E-state index contributed by atoms with van der Waals surface area (Å²) in [6.45, 7) is 2.28. The predicted molar refractivity (Wildman–Crippen MR) is 109 cm³/mol. The summed E-state index contributed by atoms with van der Waals surface area (Å²) in [4.78, 5) is 29.3. The van der Waals surface area contributed by atoms with E-state index in [-0.39, 0.29) is 18.4 Å². The number of anilines is 1. The quantitative estimate of drug-likeness (QED) is 0.808. The van der Waals surface area contributed by atoms with E-state index >= 15 is 0 Å². The van der Waals surface area contributed by atoms with E-state index in [1.165, 1.54) is 0 Å². The molecule has 1 atom stereocenters. The summed E-state index contributed by atoms with van der Waals surface area (Å²) in [5, 5.41) is 3.45. The summed E-state index contributed by atoms with van der Waals surface area (Å²) >= 11 is 5.88. The van der Waals surface area contributed by atoms with Crippen LogP contribution in [0.3, 0.4) is 0 Å². The van der Waals surface area contributed by atoms with Crippen LogP contribution in [0.2, 0.25) is 5.02 Å². The molecule has 0 unspecified atom stereocenters. The maximum atomic E-state index is 13.2. The summed E-state index contributed by atoms with van der Waals surface area (Å²) in [5.41, 5.74) is 1.53. The first-order valence-corrected chi connectivity index (χ1v) is 9.59. The van der Waals surface area contributed by atoms with E-state index in [1.807, 2.05) is 30.3 Å². The zero-order valence-corrected chi connectivity index (χ0v) is 16.6. The average Bonchev–Trinajstić information content (AvgIpc) is 2.71. The van der Waals surface area contributed by atoms with Gasteiger partial charge in [0, 0.05) is 23.8 Å². The van der Waals surface area contributed by atoms with Crippen molar-refractivity contribution in [1.82, 2.24) is 9.80 Å². The van der Waals surface area contributed by atoms with E-state index in [0.29, 0.717) is 37.0 Å². The Hall–Kier alpha value is -2.41. The topological polar surface area (TPSA) is 61.9 Å². The number of benzene rings is 2. The highest BCUT2D eigenvalue weighted by atomic mass is 35.5. The number of nitrogens with one attached hydrogen (secondary N) is 1. The smallest absolute Gasteiger partial charge is 0.244 e. The highest BCUT2D eigenvalue weighted by Gasteiger charge is 2.31. The van der Waals surface area contributed by atoms with Crippen LogP contribution in [0.5, 0.6) is 0 Å². The van der Waals surface area contributed by atoms with Gasteiger partial charge in [0.05, 0.1) is 19.8 Å². The van der Waals surface area contributed by atoms with Gasteiger partial charge in [-0.15, -0.1) is 0 Å². The molecule has 2 aromatic rings. The first-order chi connectivity index (χ1) is 13.5. The van der Waals surface area contributed by atoms with Crippen molar-refractivity contribution < 1.29 is 14.3 Å². The van der Waals surface area contributed by atoms with Crippen LogP contribution < -0.4 is 5.32 Å². The molecule has 7 heteroatoms. The molecule has 0 bridgehead atoms. The van der Waals surface area contributed by atoms with Crippen molar-refractivity contribution in [3.8, 4) is 0 Å². The van der Waals surface area contributed by atoms with Crippen molar-refractivity contribution in [1.29, 1.82) is 0 Å². The minimum atomic E-state index is -0.532. The molecule has 1 heterocycles. The van der Waals surface area contributed by atoms with Gasteiger partial charge in [0.25, 0.3) is 0 Å². The fourth-order valence-electron chi connectivity index (χ4n) is 3.23. The SMILES string of the molecule is CN(CC(=O)Nc1ccc(Cl)cc1)[C@H](C(=O)N1CCOCC1)c1ccccc1. The Labute approximate surface area is 170 Å². The van der Waals surface area contributed by atoms with Crippen molar-refractivity contribution in [3.63, 3.8) is 0 Å². The van der Waals surface area contributed by atoms with Crippen LogP contribution in [-0.4, -0.2) is 61.5 Å². The molecule has 1 aliphatic rings. The summed E-state index contributed by atoms with van der Waals surface area (Å²) < 4.78 is 5.35. The highest BCUT2D eigenvalue weighted by Crippen LogP contribution is 2.23. The Morgan fingerprint density at radius 1 is 1.11 bits per heavy atom. The molecule has 6 nitrogen and oxygen atoms in total. The van der Waals surface area contributed by atoms with Crippen LogP contribution in [0.4, 0.5) is 5.69 Å². The minimum Gasteiger partial charge on any atom is -0.378 e. The van der Waals surface area contributed by atoms with Gasteiger partial charge in [-0.05, 0) is 36.9 Å². The molecule has 2 aromatic carbocycles. The lowest BCUT2D eigenvalue weighted by atomic mass is 10.0. The van der Waals surface area contributed by atoms with E-state index in [0.717, 1.165) is 5.56 Å². The predicted octanol–water partition coefficient (Wildman–Crippen LogP) is 2.81. The van der Waals surface area contributed by atoms with Crippen LogP contribution in [0.25, 0.3) is 0 Å². The molecule has 1 saturated heterocycles. The molecule has 3 rings (SSSR count). The molecule has 1 N–H and O–H groups in total. The minimum absolute atomic E-state index is 0.0173. The van der Waals surface area contributed by atoms with Gasteiger partial charge >= 0.3 is 0 Å². The van der Waals surface area contributed by atoms with Gasteiger partial charge in [-0.1, -0.05) is 41.9 Å². The third kappa shape index (κ3) is 5.32. The molecule has 1 fully saturated rings. The number of nitrogens with zero attached hydrogens (tertiary/aromatic N) is 2. The zero-order chi connectivity index (χ0) is 19.9. The van der Waals surface area contributed by atoms with Crippen LogP contribution in [0, 0.1) is 0 Å². The summed E-state index contributed by atoms with van der Waals surface area (Å²) in [7, 11) is 1.79. The lowest BCUT2D eigenvalue weighted by Gasteiger charge is -2.34. The number of ether oxygens (including phenoxy) is 1. The van der Waals surface area contributed by atoms with Gasteiger partial charge in [0.15, 0.2) is 0 Å². The molecule has 1 aliphatic heterocycles. The number of morpholine rings is 1. The van der Waals surface area contributed by atoms with Crippen LogP contribution >= 0.6 is 11.6 Å². The third-order valence-electron chi connectivity index (χ3n) is 4.63. The number of hydrogen-bond acceptors (Lipinski definition) is 4. The fraction of sp³-hybridized carbons (Fsp3) is 0.333. The average molecular weight is 402 g/mol. The number of carbonyl (C=O) groups is 2. The largest absolute Gasteiger partial charge is 0.378 e. The molecule has 0 aromatic heterocycles. The number of hydrogen-bond donors (Lipinski definition) is 1. The van der Waals surface area contributed by atoms with E-state index in [9.17, 15) is 9.59 Å². The molecule has 148 valence electrons. The molecule has 28 heavy (non-hydrogen) atoms. The van der Waals surface area contributed by atoms with Gasteiger partial charge in [0.1, 0.15) is 6.04 Å². The van der Waals surface area contributed by atoms with E-state index in [2.05, 4.69) is 5.32 Å². The molecule has 0 aliphatic carbocycles. The number of rotatable bonds is 6. The molecule has 0 radical (unpaired) electrons. The van der Waals surface area contributed by atoms with E-state index in [1.54, 1.807) is 41.1 Å². The number of likely N-dealkylation sites (N-methyl/N-ethyl adjacent to an activating group) is 1. The van der Waals surface area contributed by atoms with Crippen molar-refractivity contribution in [2.24, 2.45) is 0 Å². The maximum Gasteiger partial charge on any atom is 0.244 e. The molecular formula is C21H24ClN3O3. The Balaban J connectivity index is 1.72. The number of halogens is 1. The van der Waals surface area contributed by atoms with E-state index < -0.39 is 6.04 Å². The molecule has 0 spiro atoms. The summed E-state index contributed by atoms with van der Waals surface area (Å²) in [5.74, 6) is -0.211. The second-order valence-corrected chi connectivity index (χ2v) is 7.16. The number of carbonyl (C=O) groups excluding carboxylic acids is 2. The van der Waals surface area contributed by atoms with Gasteiger partial charge in [-0.3, -0.25) is 14.5 Å². The Morgan fingerprint density at radius 3 is 2.39 bits per heavy atom. The first-order valence-electron chi connectivity index (χ1n) is 9.22. The highest BCUT2D eigenvalue weighted by molar-refractivity contribution is 6.30. The Bertz CT molecular complexity index is 792. The van der Waals surface area contributed by atoms with Gasteiger partial charge in [-0.25, -0.2) is 0 Å². The Kier molecular flexibility index (Phi) is 7.03. The zero-order valence-electron chi connectivity index (χ0n) is 15.8. The summed E-state index contributed by atoms with van der Waals surface area (Å²) in [6.07, 6.45) is 0. The van der Waals surface area contributed by atoms with Crippen LogP contribution in [-0.2, 0) is 14.3 Å². The van der Waals surface area contributed by atoms with E-state index in [4.69, 9.17) is 16.3 Å². The fourth-order valence-corrected chi connectivity index (χ4v) is 3.36. The standard InChI is InChI=1S/C21H24ClN3O3/c1-24(15-19(26)23-18-9-7-17(22)8-10-18)20(16-5-3-2-4-6-16)21(27)25-11-13-28-14-12-25/h2-10,20H,11-15H2,1H3,(H,23,26)/t20-/m0/s1. The molecule has 0 saturated carbocycles. The van der Waals surface area contributed by atoms with Crippen molar-refractivity contribution in [2.75, 3.05) is 45.2 Å². The lowest BCUT2D eigenvalue weighted by Crippen LogP contribution is -2.47. The van der Waals surface area contributed by atoms with Crippen molar-refractivity contribution >= 4 is 29.1 Å². The maximum absolute atomic E-state index is 13.2.